The minimum Gasteiger partial charge on any atom is -0.380 e. The van der Waals surface area contributed by atoms with E-state index in [9.17, 15) is 4.79 Å². The van der Waals surface area contributed by atoms with Crippen LogP contribution in [0.2, 0.25) is 0 Å². The molecule has 0 saturated carbocycles. The number of carbonyl (C=O) groups is 1. The van der Waals surface area contributed by atoms with Crippen molar-refractivity contribution in [3.8, 4) is 0 Å². The third kappa shape index (κ3) is 5.35. The summed E-state index contributed by atoms with van der Waals surface area (Å²) in [6.07, 6.45) is 1.65. The van der Waals surface area contributed by atoms with Gasteiger partial charge in [0, 0.05) is 25.6 Å². The molecule has 1 heterocycles. The van der Waals surface area contributed by atoms with Gasteiger partial charge in [0.15, 0.2) is 0 Å². The highest BCUT2D eigenvalue weighted by atomic mass is 16.5. The minimum absolute atomic E-state index is 0.272. The van der Waals surface area contributed by atoms with Gasteiger partial charge in [-0.2, -0.15) is 0 Å². The first kappa shape index (κ1) is 13.6. The fraction of sp³-hybridized carbons (Fsp3) is 0.909. The Labute approximate surface area is 87.4 Å². The van der Waals surface area contributed by atoms with Crippen LogP contribution in [0.1, 0.15) is 33.6 Å². The molecule has 0 aromatic rings. The standard InChI is InChI=1S/C9H17NO2.C2H6/c1-8(11)7-9-3-5-12-6-4-10(9)2;1-2/h9H,3-7H2,1-2H3;1-2H3. The molecule has 1 unspecified atom stereocenters. The summed E-state index contributed by atoms with van der Waals surface area (Å²) in [5.41, 5.74) is 0. The number of Topliss-reactive ketones (excluding diaryl/α,β-unsaturated/α-hetero) is 1. The Morgan fingerprint density at radius 3 is 2.64 bits per heavy atom. The topological polar surface area (TPSA) is 29.5 Å². The fourth-order valence-corrected chi connectivity index (χ4v) is 1.52. The van der Waals surface area contributed by atoms with E-state index in [4.69, 9.17) is 4.74 Å². The fourth-order valence-electron chi connectivity index (χ4n) is 1.52. The lowest BCUT2D eigenvalue weighted by molar-refractivity contribution is -0.118. The maximum Gasteiger partial charge on any atom is 0.131 e. The Balaban J connectivity index is 0.000000791. The molecule has 14 heavy (non-hydrogen) atoms. The first-order valence-electron chi connectivity index (χ1n) is 5.47. The van der Waals surface area contributed by atoms with Crippen LogP contribution in [0.4, 0.5) is 0 Å². The summed E-state index contributed by atoms with van der Waals surface area (Å²) in [4.78, 5) is 13.1. The average molecular weight is 201 g/mol. The smallest absolute Gasteiger partial charge is 0.131 e. The van der Waals surface area contributed by atoms with Crippen molar-refractivity contribution in [3.05, 3.63) is 0 Å². The molecule has 1 aliphatic heterocycles. The van der Waals surface area contributed by atoms with Crippen molar-refractivity contribution in [2.45, 2.75) is 39.7 Å². The largest absolute Gasteiger partial charge is 0.380 e. The zero-order valence-corrected chi connectivity index (χ0v) is 9.88. The maximum atomic E-state index is 10.9. The van der Waals surface area contributed by atoms with Crippen LogP contribution in [0.15, 0.2) is 0 Å². The maximum absolute atomic E-state index is 10.9. The molecule has 0 amide bonds. The van der Waals surface area contributed by atoms with Crippen molar-refractivity contribution in [2.24, 2.45) is 0 Å². The van der Waals surface area contributed by atoms with Crippen LogP contribution in [0.5, 0.6) is 0 Å². The Hall–Kier alpha value is -0.410. The van der Waals surface area contributed by atoms with Gasteiger partial charge in [-0.05, 0) is 20.4 Å². The Morgan fingerprint density at radius 2 is 2.07 bits per heavy atom. The van der Waals surface area contributed by atoms with Crippen LogP contribution < -0.4 is 0 Å². The number of hydrogen-bond donors (Lipinski definition) is 0. The third-order valence-corrected chi connectivity index (χ3v) is 2.33. The van der Waals surface area contributed by atoms with E-state index in [1.807, 2.05) is 13.8 Å². The molecule has 0 aliphatic carbocycles. The zero-order valence-electron chi connectivity index (χ0n) is 9.88. The lowest BCUT2D eigenvalue weighted by atomic mass is 10.1. The van der Waals surface area contributed by atoms with Gasteiger partial charge >= 0.3 is 0 Å². The molecule has 0 spiro atoms. The summed E-state index contributed by atoms with van der Waals surface area (Å²) in [6.45, 7) is 8.19. The molecule has 1 rings (SSSR count). The van der Waals surface area contributed by atoms with Crippen LogP contribution >= 0.6 is 0 Å². The Bertz CT molecular complexity index is 159. The van der Waals surface area contributed by atoms with Gasteiger partial charge in [-0.3, -0.25) is 4.79 Å². The molecule has 1 aliphatic rings. The molecule has 0 aromatic carbocycles. The van der Waals surface area contributed by atoms with E-state index >= 15 is 0 Å². The van der Waals surface area contributed by atoms with Crippen molar-refractivity contribution in [3.63, 3.8) is 0 Å². The second-order valence-corrected chi connectivity index (χ2v) is 3.44. The predicted molar refractivity (Wildman–Crippen MR) is 58.5 cm³/mol. The molecule has 1 fully saturated rings. The van der Waals surface area contributed by atoms with Gasteiger partial charge in [-0.15, -0.1) is 0 Å². The third-order valence-electron chi connectivity index (χ3n) is 2.33. The summed E-state index contributed by atoms with van der Waals surface area (Å²) in [5, 5.41) is 0. The molecular weight excluding hydrogens is 178 g/mol. The normalized spacial score (nSPS) is 23.3. The molecule has 1 saturated heterocycles. The highest BCUT2D eigenvalue weighted by Crippen LogP contribution is 2.10. The summed E-state index contributed by atoms with van der Waals surface area (Å²) in [5.74, 6) is 0.272. The van der Waals surface area contributed by atoms with Crippen LogP contribution in [0.3, 0.4) is 0 Å². The number of hydrogen-bond acceptors (Lipinski definition) is 3. The van der Waals surface area contributed by atoms with E-state index in [-0.39, 0.29) is 5.78 Å². The molecule has 0 N–H and O–H groups in total. The van der Waals surface area contributed by atoms with Gasteiger partial charge in [0.05, 0.1) is 6.61 Å². The summed E-state index contributed by atoms with van der Waals surface area (Å²) in [7, 11) is 2.06. The summed E-state index contributed by atoms with van der Waals surface area (Å²) < 4.78 is 5.32. The minimum atomic E-state index is 0.272. The van der Waals surface area contributed by atoms with Gasteiger partial charge in [0.2, 0.25) is 0 Å². The van der Waals surface area contributed by atoms with Crippen LogP contribution in [-0.4, -0.2) is 43.5 Å². The lowest BCUT2D eigenvalue weighted by Crippen LogP contribution is -2.33. The van der Waals surface area contributed by atoms with Crippen molar-refractivity contribution in [2.75, 3.05) is 26.8 Å². The Kier molecular flexibility index (Phi) is 7.71. The van der Waals surface area contributed by atoms with E-state index in [1.54, 1.807) is 6.92 Å². The van der Waals surface area contributed by atoms with Gasteiger partial charge in [0.1, 0.15) is 5.78 Å². The van der Waals surface area contributed by atoms with Gasteiger partial charge in [-0.25, -0.2) is 0 Å². The molecule has 0 radical (unpaired) electrons. The number of likely N-dealkylation sites (N-methyl/N-ethyl adjacent to an activating group) is 1. The predicted octanol–water partition coefficient (Wildman–Crippen LogP) is 1.71. The number of nitrogens with zero attached hydrogens (tertiary/aromatic N) is 1. The van der Waals surface area contributed by atoms with E-state index in [2.05, 4.69) is 11.9 Å². The molecule has 0 aromatic heterocycles. The van der Waals surface area contributed by atoms with E-state index in [0.29, 0.717) is 12.5 Å². The highest BCUT2D eigenvalue weighted by molar-refractivity contribution is 5.76. The van der Waals surface area contributed by atoms with E-state index in [0.717, 1.165) is 26.2 Å². The quantitative estimate of drug-likeness (QED) is 0.681. The van der Waals surface area contributed by atoms with Crippen molar-refractivity contribution in [1.82, 2.24) is 4.90 Å². The molecule has 3 heteroatoms. The van der Waals surface area contributed by atoms with Crippen molar-refractivity contribution in [1.29, 1.82) is 0 Å². The SMILES string of the molecule is CC.CC(=O)CC1CCOCCN1C. The first-order chi connectivity index (χ1) is 6.70. The number of ketones is 1. The van der Waals surface area contributed by atoms with Crippen molar-refractivity contribution >= 4 is 5.78 Å². The first-order valence-corrected chi connectivity index (χ1v) is 5.47. The lowest BCUT2D eigenvalue weighted by Gasteiger charge is -2.23. The van der Waals surface area contributed by atoms with E-state index < -0.39 is 0 Å². The molecule has 1 atom stereocenters. The van der Waals surface area contributed by atoms with Gasteiger partial charge < -0.3 is 9.64 Å². The van der Waals surface area contributed by atoms with Crippen molar-refractivity contribution < 1.29 is 9.53 Å². The van der Waals surface area contributed by atoms with Gasteiger partial charge in [-0.1, -0.05) is 13.8 Å². The van der Waals surface area contributed by atoms with E-state index in [1.165, 1.54) is 0 Å². The van der Waals surface area contributed by atoms with Crippen LogP contribution in [-0.2, 0) is 9.53 Å². The Morgan fingerprint density at radius 1 is 1.43 bits per heavy atom. The molecule has 0 bridgehead atoms. The van der Waals surface area contributed by atoms with Crippen LogP contribution in [0, 0.1) is 0 Å². The monoisotopic (exact) mass is 201 g/mol. The van der Waals surface area contributed by atoms with Crippen LogP contribution in [0.25, 0.3) is 0 Å². The number of rotatable bonds is 2. The molecular formula is C11H23NO2. The summed E-state index contributed by atoms with van der Waals surface area (Å²) in [6, 6.07) is 0.394. The number of carbonyl (C=O) groups excluding carboxylic acids is 1. The second-order valence-electron chi connectivity index (χ2n) is 3.44. The summed E-state index contributed by atoms with van der Waals surface area (Å²) >= 11 is 0. The zero-order chi connectivity index (χ0) is 11.0. The average Bonchev–Trinajstić information content (AvgIpc) is 2.35. The van der Waals surface area contributed by atoms with Gasteiger partial charge in [0.25, 0.3) is 0 Å². The molecule has 84 valence electrons. The highest BCUT2D eigenvalue weighted by Gasteiger charge is 2.18. The molecule has 3 nitrogen and oxygen atoms in total. The number of ether oxygens (including phenoxy) is 1. The second kappa shape index (κ2) is 7.94.